The lowest BCUT2D eigenvalue weighted by molar-refractivity contribution is -0.137. The van der Waals surface area contributed by atoms with Gasteiger partial charge in [-0.2, -0.15) is 13.2 Å². The Hall–Kier alpha value is -1.82. The molecule has 0 atom stereocenters. The molecule has 6 heteroatoms. The summed E-state index contributed by atoms with van der Waals surface area (Å²) in [6.07, 6.45) is -2.00. The summed E-state index contributed by atoms with van der Waals surface area (Å²) in [4.78, 5) is 11.1. The lowest BCUT2D eigenvalue weighted by Crippen LogP contribution is -2.03. The second-order valence-corrected chi connectivity index (χ2v) is 5.06. The van der Waals surface area contributed by atoms with Crippen LogP contribution >= 0.6 is 11.3 Å². The van der Waals surface area contributed by atoms with Crippen LogP contribution in [-0.4, -0.2) is 11.1 Å². The summed E-state index contributed by atoms with van der Waals surface area (Å²) in [6, 6.07) is 3.54. The second kappa shape index (κ2) is 4.70. The van der Waals surface area contributed by atoms with Crippen molar-refractivity contribution in [2.45, 2.75) is 13.1 Å². The van der Waals surface area contributed by atoms with Gasteiger partial charge in [-0.1, -0.05) is 0 Å². The number of thiophene rings is 1. The van der Waals surface area contributed by atoms with E-state index < -0.39 is 17.7 Å². The highest BCUT2D eigenvalue weighted by atomic mass is 32.1. The Kier molecular flexibility index (Phi) is 3.36. The monoisotopic (exact) mass is 286 g/mol. The number of carboxylic acid groups (broad SMARTS) is 1. The van der Waals surface area contributed by atoms with Crippen LogP contribution in [0, 0.1) is 6.92 Å². The first-order valence-corrected chi connectivity index (χ1v) is 6.12. The Morgan fingerprint density at radius 2 is 2.05 bits per heavy atom. The molecule has 2 aromatic rings. The molecule has 0 saturated heterocycles. The molecular weight excluding hydrogens is 277 g/mol. The third kappa shape index (κ3) is 2.78. The Bertz CT molecular complexity index is 668. The first-order chi connectivity index (χ1) is 8.79. The highest BCUT2D eigenvalue weighted by molar-refractivity contribution is 7.20. The Morgan fingerprint density at radius 3 is 2.63 bits per heavy atom. The van der Waals surface area contributed by atoms with Gasteiger partial charge in [-0.05, 0) is 42.1 Å². The molecule has 0 unspecified atom stereocenters. The highest BCUT2D eigenvalue weighted by Gasteiger charge is 2.30. The number of halogens is 3. The van der Waals surface area contributed by atoms with Crippen molar-refractivity contribution in [3.63, 3.8) is 0 Å². The van der Waals surface area contributed by atoms with Crippen molar-refractivity contribution in [1.29, 1.82) is 0 Å². The average Bonchev–Trinajstić information content (AvgIpc) is 2.62. The molecule has 0 spiro atoms. The van der Waals surface area contributed by atoms with Crippen LogP contribution < -0.4 is 0 Å². The number of hydrogen-bond acceptors (Lipinski definition) is 2. The summed E-state index contributed by atoms with van der Waals surface area (Å²) in [6.45, 7) is 1.68. The molecular formula is C13H9F3O2S. The van der Waals surface area contributed by atoms with Crippen LogP contribution in [0.15, 0.2) is 24.3 Å². The van der Waals surface area contributed by atoms with E-state index in [2.05, 4.69) is 0 Å². The van der Waals surface area contributed by atoms with Gasteiger partial charge in [-0.15, -0.1) is 11.3 Å². The maximum Gasteiger partial charge on any atom is 0.416 e. The predicted molar refractivity (Wildman–Crippen MR) is 68.2 cm³/mol. The van der Waals surface area contributed by atoms with Crippen molar-refractivity contribution in [2.24, 2.45) is 0 Å². The molecule has 0 aliphatic heterocycles. The Morgan fingerprint density at radius 1 is 1.37 bits per heavy atom. The molecule has 0 amide bonds. The van der Waals surface area contributed by atoms with Gasteiger partial charge in [-0.3, -0.25) is 0 Å². The standard InChI is InChI=1S/C13H9F3O2S/c1-7-9-6-8(13(14,15)16)2-3-11(9)19-10(7)4-5-12(17)18/h2-6H,1H3,(H,17,18)/b5-4+. The first-order valence-electron chi connectivity index (χ1n) is 5.30. The van der Waals surface area contributed by atoms with E-state index in [1.807, 2.05) is 0 Å². The number of carboxylic acids is 1. The van der Waals surface area contributed by atoms with Gasteiger partial charge in [0.1, 0.15) is 0 Å². The summed E-state index contributed by atoms with van der Waals surface area (Å²) < 4.78 is 38.6. The van der Waals surface area contributed by atoms with Gasteiger partial charge in [0.15, 0.2) is 0 Å². The summed E-state index contributed by atoms with van der Waals surface area (Å²) in [5.74, 6) is -1.09. The lowest BCUT2D eigenvalue weighted by atomic mass is 10.1. The predicted octanol–water partition coefficient (Wildman–Crippen LogP) is 4.33. The number of hydrogen-bond donors (Lipinski definition) is 1. The number of rotatable bonds is 2. The van der Waals surface area contributed by atoms with Crippen LogP contribution in [0.4, 0.5) is 13.2 Å². The number of alkyl halides is 3. The molecule has 0 radical (unpaired) electrons. The van der Waals surface area contributed by atoms with Crippen molar-refractivity contribution < 1.29 is 23.1 Å². The zero-order valence-electron chi connectivity index (χ0n) is 9.78. The largest absolute Gasteiger partial charge is 0.478 e. The van der Waals surface area contributed by atoms with Crippen molar-refractivity contribution in [3.8, 4) is 0 Å². The maximum atomic E-state index is 12.6. The van der Waals surface area contributed by atoms with E-state index in [4.69, 9.17) is 5.11 Å². The summed E-state index contributed by atoms with van der Waals surface area (Å²) in [5, 5.41) is 9.06. The molecule has 0 aliphatic carbocycles. The molecule has 0 bridgehead atoms. The van der Waals surface area contributed by atoms with Gasteiger partial charge in [0.2, 0.25) is 0 Å². The van der Waals surface area contributed by atoms with Gasteiger partial charge in [0, 0.05) is 15.7 Å². The third-order valence-corrected chi connectivity index (χ3v) is 3.92. The van der Waals surface area contributed by atoms with E-state index >= 15 is 0 Å². The topological polar surface area (TPSA) is 37.3 Å². The number of aliphatic carboxylic acids is 1. The minimum atomic E-state index is -4.38. The van der Waals surface area contributed by atoms with Crippen molar-refractivity contribution in [1.82, 2.24) is 0 Å². The molecule has 19 heavy (non-hydrogen) atoms. The van der Waals surface area contributed by atoms with Crippen LogP contribution in [0.25, 0.3) is 16.2 Å². The second-order valence-electron chi connectivity index (χ2n) is 3.97. The van der Waals surface area contributed by atoms with Crippen LogP contribution in [0.3, 0.4) is 0 Å². The number of benzene rings is 1. The van der Waals surface area contributed by atoms with Gasteiger partial charge < -0.3 is 5.11 Å². The smallest absolute Gasteiger partial charge is 0.416 e. The minimum absolute atomic E-state index is 0.505. The zero-order valence-corrected chi connectivity index (χ0v) is 10.6. The van der Waals surface area contributed by atoms with E-state index in [0.29, 0.717) is 20.5 Å². The number of aryl methyl sites for hydroxylation is 1. The first kappa shape index (κ1) is 13.6. The van der Waals surface area contributed by atoms with E-state index in [9.17, 15) is 18.0 Å². The lowest BCUT2D eigenvalue weighted by Gasteiger charge is -2.06. The average molecular weight is 286 g/mol. The molecule has 0 saturated carbocycles. The fraction of sp³-hybridized carbons (Fsp3) is 0.154. The van der Waals surface area contributed by atoms with E-state index in [0.717, 1.165) is 18.2 Å². The van der Waals surface area contributed by atoms with Gasteiger partial charge in [-0.25, -0.2) is 4.79 Å². The van der Waals surface area contributed by atoms with Crippen LogP contribution in [0.2, 0.25) is 0 Å². The maximum absolute atomic E-state index is 12.6. The molecule has 1 heterocycles. The van der Waals surface area contributed by atoms with Gasteiger partial charge in [0.25, 0.3) is 0 Å². The summed E-state index contributed by atoms with van der Waals surface area (Å²) in [7, 11) is 0. The van der Waals surface area contributed by atoms with Crippen molar-refractivity contribution in [2.75, 3.05) is 0 Å². The van der Waals surface area contributed by atoms with E-state index in [1.165, 1.54) is 23.5 Å². The van der Waals surface area contributed by atoms with E-state index in [1.54, 1.807) is 6.92 Å². The van der Waals surface area contributed by atoms with Crippen LogP contribution in [0.1, 0.15) is 16.0 Å². The number of fused-ring (bicyclic) bond motifs is 1. The van der Waals surface area contributed by atoms with Crippen LogP contribution in [-0.2, 0) is 11.0 Å². The minimum Gasteiger partial charge on any atom is -0.478 e. The molecule has 1 N–H and O–H groups in total. The van der Waals surface area contributed by atoms with Crippen molar-refractivity contribution >= 4 is 33.5 Å². The Labute approximate surface area is 110 Å². The fourth-order valence-corrected chi connectivity index (χ4v) is 2.82. The summed E-state index contributed by atoms with van der Waals surface area (Å²) in [5.41, 5.74) is -0.0433. The molecule has 0 aliphatic rings. The normalized spacial score (nSPS) is 12.4. The zero-order chi connectivity index (χ0) is 14.2. The molecule has 2 nitrogen and oxygen atoms in total. The Balaban J connectivity index is 2.55. The molecule has 100 valence electrons. The highest BCUT2D eigenvalue weighted by Crippen LogP contribution is 2.36. The van der Waals surface area contributed by atoms with E-state index in [-0.39, 0.29) is 0 Å². The number of carbonyl (C=O) groups is 1. The summed E-state index contributed by atoms with van der Waals surface area (Å²) >= 11 is 1.27. The third-order valence-electron chi connectivity index (χ3n) is 2.68. The van der Waals surface area contributed by atoms with Crippen LogP contribution in [0.5, 0.6) is 0 Å². The molecule has 0 fully saturated rings. The van der Waals surface area contributed by atoms with Gasteiger partial charge >= 0.3 is 12.1 Å². The molecule has 1 aromatic heterocycles. The molecule has 2 rings (SSSR count). The van der Waals surface area contributed by atoms with Crippen molar-refractivity contribution in [3.05, 3.63) is 40.3 Å². The quantitative estimate of drug-likeness (QED) is 0.834. The SMILES string of the molecule is Cc1c(/C=C/C(=O)O)sc2ccc(C(F)(F)F)cc12. The van der Waals surface area contributed by atoms with Gasteiger partial charge in [0.05, 0.1) is 5.56 Å². The molecule has 1 aromatic carbocycles. The fourth-order valence-electron chi connectivity index (χ4n) is 1.72.